The largest absolute Gasteiger partial charge is 0.483 e. The maximum absolute atomic E-state index is 14.1. The zero-order chi connectivity index (χ0) is 34.4. The molecule has 2 aliphatic heterocycles. The summed E-state index contributed by atoms with van der Waals surface area (Å²) < 4.78 is 47.4. The van der Waals surface area contributed by atoms with Crippen molar-refractivity contribution in [1.29, 1.82) is 0 Å². The summed E-state index contributed by atoms with van der Waals surface area (Å²) in [5.74, 6) is -2.57. The minimum Gasteiger partial charge on any atom is -0.483 e. The van der Waals surface area contributed by atoms with E-state index in [2.05, 4.69) is 26.2 Å². The minimum atomic E-state index is -4.66. The lowest BCUT2D eigenvalue weighted by atomic mass is 9.68. The van der Waals surface area contributed by atoms with Gasteiger partial charge in [0.25, 0.3) is 5.91 Å². The molecular formula is C35H27BrF3N3O5S2. The summed E-state index contributed by atoms with van der Waals surface area (Å²) >= 11 is 6.20. The van der Waals surface area contributed by atoms with E-state index in [0.717, 1.165) is 32.3 Å². The van der Waals surface area contributed by atoms with Gasteiger partial charge in [0.15, 0.2) is 6.61 Å². The first-order chi connectivity index (χ1) is 23.4. The molecule has 4 aromatic rings. The number of alkyl halides is 3. The van der Waals surface area contributed by atoms with Crippen molar-refractivity contribution in [2.75, 3.05) is 16.8 Å². The molecule has 3 heterocycles. The molecule has 3 aromatic carbocycles. The maximum atomic E-state index is 14.1. The normalized spacial score (nSPS) is 26.8. The summed E-state index contributed by atoms with van der Waals surface area (Å²) in [4.78, 5) is 58.5. The Balaban J connectivity index is 1.12. The van der Waals surface area contributed by atoms with E-state index in [1.807, 2.05) is 25.1 Å². The number of aromatic nitrogens is 1. The van der Waals surface area contributed by atoms with Gasteiger partial charge in [-0.2, -0.15) is 13.2 Å². The van der Waals surface area contributed by atoms with Gasteiger partial charge in [0.2, 0.25) is 11.8 Å². The van der Waals surface area contributed by atoms with E-state index in [-0.39, 0.29) is 45.4 Å². The Labute approximate surface area is 294 Å². The van der Waals surface area contributed by atoms with Gasteiger partial charge in [0, 0.05) is 26.1 Å². The standard InChI is InChI=1S/C35H27BrF3N3O5S2/c1-15-6-9-17(10-7-15)42-32(44)27-19-13-20(28(27)33(42)45)29-26(19)25(30-31(48-29)41-34(46)49-30)18-12-16(36)8-11-23(18)47-14-24(43)40-22-5-3-2-4-21(22)35(37,38)39/h2-12,19-20,25-29H,13-14H2,1H3,(H,40,43)(H,41,46)/t19?,20?,25-,26?,27?,28?,29?/m1/s1. The molecule has 14 heteroatoms. The van der Waals surface area contributed by atoms with Crippen LogP contribution >= 0.6 is 39.0 Å². The summed E-state index contributed by atoms with van der Waals surface area (Å²) in [6.45, 7) is 1.37. The number of thioether (sulfide) groups is 1. The van der Waals surface area contributed by atoms with Crippen LogP contribution in [-0.4, -0.2) is 34.6 Å². The number of aryl methyl sites for hydroxylation is 1. The van der Waals surface area contributed by atoms with Crippen LogP contribution in [0.1, 0.15) is 33.9 Å². The Hall–Kier alpha value is -3.88. The number of H-pyrrole nitrogens is 1. The van der Waals surface area contributed by atoms with Gasteiger partial charge in [-0.1, -0.05) is 57.1 Å². The van der Waals surface area contributed by atoms with E-state index in [0.29, 0.717) is 28.4 Å². The Morgan fingerprint density at radius 1 is 1.02 bits per heavy atom. The van der Waals surface area contributed by atoms with Gasteiger partial charge in [-0.15, -0.1) is 11.8 Å². The molecule has 2 aliphatic carbocycles. The molecule has 4 aliphatic rings. The molecule has 8 rings (SSSR count). The first-order valence-corrected chi connectivity index (χ1v) is 18.1. The van der Waals surface area contributed by atoms with Gasteiger partial charge in [-0.05, 0) is 73.6 Å². The van der Waals surface area contributed by atoms with Crippen molar-refractivity contribution in [2.45, 2.75) is 35.7 Å². The van der Waals surface area contributed by atoms with Gasteiger partial charge >= 0.3 is 11.0 Å². The Kier molecular flexibility index (Phi) is 7.83. The van der Waals surface area contributed by atoms with Crippen molar-refractivity contribution >= 4 is 68.1 Å². The summed E-state index contributed by atoms with van der Waals surface area (Å²) in [5, 5.41) is 2.96. The maximum Gasteiger partial charge on any atom is 0.418 e. The molecule has 3 fully saturated rings. The van der Waals surface area contributed by atoms with Crippen molar-refractivity contribution in [3.8, 4) is 5.75 Å². The van der Waals surface area contributed by atoms with Crippen LogP contribution < -0.4 is 19.8 Å². The molecule has 49 heavy (non-hydrogen) atoms. The van der Waals surface area contributed by atoms with Crippen LogP contribution in [0.4, 0.5) is 24.5 Å². The van der Waals surface area contributed by atoms with Crippen molar-refractivity contribution in [1.82, 2.24) is 4.98 Å². The fourth-order valence-electron chi connectivity index (χ4n) is 8.38. The molecule has 3 amide bonds. The molecular weight excluding hydrogens is 743 g/mol. The highest BCUT2D eigenvalue weighted by Gasteiger charge is 2.70. The molecule has 7 atom stereocenters. The first kappa shape index (κ1) is 32.3. The number of benzene rings is 3. The Morgan fingerprint density at radius 2 is 1.73 bits per heavy atom. The zero-order valence-corrected chi connectivity index (χ0v) is 28.8. The monoisotopic (exact) mass is 769 g/mol. The number of para-hydroxylation sites is 1. The van der Waals surface area contributed by atoms with Crippen LogP contribution in [-0.2, 0) is 20.6 Å². The number of halogens is 4. The molecule has 6 unspecified atom stereocenters. The van der Waals surface area contributed by atoms with E-state index < -0.39 is 42.0 Å². The number of carbonyl (C=O) groups excluding carboxylic acids is 3. The first-order valence-electron chi connectivity index (χ1n) is 15.6. The van der Waals surface area contributed by atoms with Gasteiger partial charge in [0.1, 0.15) is 5.75 Å². The molecule has 8 nitrogen and oxygen atoms in total. The van der Waals surface area contributed by atoms with Crippen molar-refractivity contribution in [3.05, 3.63) is 102 Å². The second-order valence-corrected chi connectivity index (χ2v) is 16.0. The van der Waals surface area contributed by atoms with Crippen molar-refractivity contribution in [3.63, 3.8) is 0 Å². The number of imide groups is 1. The fraction of sp³-hybridized carbons (Fsp3) is 0.314. The summed E-state index contributed by atoms with van der Waals surface area (Å²) in [6, 6.07) is 17.3. The molecule has 2 N–H and O–H groups in total. The fourth-order valence-corrected chi connectivity index (χ4v) is 11.6. The lowest BCUT2D eigenvalue weighted by Gasteiger charge is -2.43. The molecule has 2 saturated carbocycles. The summed E-state index contributed by atoms with van der Waals surface area (Å²) in [5.41, 5.74) is 0.915. The molecule has 0 spiro atoms. The molecule has 0 radical (unpaired) electrons. The summed E-state index contributed by atoms with van der Waals surface area (Å²) in [6.07, 6.45) is -3.96. The van der Waals surface area contributed by atoms with Crippen LogP contribution in [0.5, 0.6) is 5.75 Å². The predicted octanol–water partition coefficient (Wildman–Crippen LogP) is 7.22. The average Bonchev–Trinajstić information content (AvgIpc) is 3.79. The Bertz CT molecular complexity index is 2080. The van der Waals surface area contributed by atoms with E-state index in [4.69, 9.17) is 4.74 Å². The van der Waals surface area contributed by atoms with E-state index in [1.54, 1.807) is 36.0 Å². The lowest BCUT2D eigenvalue weighted by molar-refractivity contribution is -0.137. The quantitative estimate of drug-likeness (QED) is 0.201. The van der Waals surface area contributed by atoms with Crippen LogP contribution in [0.2, 0.25) is 0 Å². The number of carbonyl (C=O) groups is 3. The molecule has 252 valence electrons. The number of amides is 3. The number of rotatable bonds is 6. The number of ether oxygens (including phenoxy) is 1. The van der Waals surface area contributed by atoms with Crippen LogP contribution in [0.3, 0.4) is 0 Å². The smallest absolute Gasteiger partial charge is 0.418 e. The van der Waals surface area contributed by atoms with Crippen LogP contribution in [0, 0.1) is 36.5 Å². The Morgan fingerprint density at radius 3 is 2.47 bits per heavy atom. The number of nitrogens with zero attached hydrogens (tertiary/aromatic N) is 1. The van der Waals surface area contributed by atoms with Gasteiger partial charge in [0.05, 0.1) is 33.8 Å². The van der Waals surface area contributed by atoms with E-state index in [1.165, 1.54) is 23.1 Å². The second-order valence-electron chi connectivity index (χ2n) is 12.9. The molecule has 2 bridgehead atoms. The van der Waals surface area contributed by atoms with Crippen molar-refractivity contribution < 1.29 is 32.3 Å². The summed E-state index contributed by atoms with van der Waals surface area (Å²) in [7, 11) is 0. The van der Waals surface area contributed by atoms with E-state index in [9.17, 15) is 32.3 Å². The number of fused-ring (bicyclic) bond motifs is 9. The van der Waals surface area contributed by atoms with Crippen LogP contribution in [0.25, 0.3) is 0 Å². The predicted molar refractivity (Wildman–Crippen MR) is 182 cm³/mol. The van der Waals surface area contributed by atoms with E-state index >= 15 is 0 Å². The molecule has 1 saturated heterocycles. The minimum absolute atomic E-state index is 0.0716. The second kappa shape index (κ2) is 11.9. The highest BCUT2D eigenvalue weighted by Crippen LogP contribution is 2.69. The number of nitrogens with one attached hydrogen (secondary N) is 2. The van der Waals surface area contributed by atoms with Gasteiger partial charge < -0.3 is 15.0 Å². The van der Waals surface area contributed by atoms with Crippen molar-refractivity contribution in [2.24, 2.45) is 29.6 Å². The number of anilines is 2. The number of thiazole rings is 1. The topological polar surface area (TPSA) is 109 Å². The highest BCUT2D eigenvalue weighted by atomic mass is 79.9. The number of hydrogen-bond donors (Lipinski definition) is 2. The highest BCUT2D eigenvalue weighted by molar-refractivity contribution is 9.10. The van der Waals surface area contributed by atoms with Crippen LogP contribution in [0.15, 0.2) is 81.0 Å². The SMILES string of the molecule is Cc1ccc(N2C(=O)C3C4CC(C3C2=O)C2C4Sc3[nH]c(=O)sc3[C@@H]2c2cc(Br)ccc2OCC(=O)Nc2ccccc2C(F)(F)F)cc1. The van der Waals surface area contributed by atoms with Gasteiger partial charge in [-0.25, -0.2) is 0 Å². The van der Waals surface area contributed by atoms with Gasteiger partial charge in [-0.3, -0.25) is 24.1 Å². The number of aromatic amines is 1. The third kappa shape index (κ3) is 5.34. The lowest BCUT2D eigenvalue weighted by Crippen LogP contribution is -2.42. The molecule has 1 aromatic heterocycles. The third-order valence-corrected chi connectivity index (χ3v) is 13.3. The average molecular weight is 771 g/mol. The third-order valence-electron chi connectivity index (χ3n) is 10.2. The number of hydrogen-bond acceptors (Lipinski definition) is 7. The zero-order valence-electron chi connectivity index (χ0n) is 25.6.